The second kappa shape index (κ2) is 7.99. The van der Waals surface area contributed by atoms with Crippen molar-refractivity contribution in [1.82, 2.24) is 19.7 Å². The molecule has 170 valence electrons. The van der Waals surface area contributed by atoms with Crippen LogP contribution in [0.3, 0.4) is 0 Å². The molecule has 1 aliphatic heterocycles. The summed E-state index contributed by atoms with van der Waals surface area (Å²) in [6, 6.07) is 11.0. The number of pyridine rings is 1. The van der Waals surface area contributed by atoms with Gasteiger partial charge in [-0.05, 0) is 43.3 Å². The molecule has 1 amide bonds. The number of carbonyl (C=O) groups is 1. The van der Waals surface area contributed by atoms with E-state index in [1.165, 1.54) is 11.3 Å². The Balaban J connectivity index is 1.33. The Morgan fingerprint density at radius 3 is 2.76 bits per heavy atom. The van der Waals surface area contributed by atoms with Crippen LogP contribution in [0.5, 0.6) is 11.5 Å². The molecule has 10 heteroatoms. The number of ether oxygens (including phenoxy) is 2. The largest absolute Gasteiger partial charge is 0.486 e. The number of benzene rings is 1. The van der Waals surface area contributed by atoms with Gasteiger partial charge >= 0.3 is 0 Å². The van der Waals surface area contributed by atoms with Crippen LogP contribution < -0.4 is 14.8 Å². The van der Waals surface area contributed by atoms with Gasteiger partial charge in [0, 0.05) is 18.0 Å². The minimum Gasteiger partial charge on any atom is -0.486 e. The number of rotatable bonds is 4. The molecule has 0 saturated carbocycles. The smallest absolute Gasteiger partial charge is 0.258 e. The third kappa shape index (κ3) is 3.48. The number of fused-ring (bicyclic) bond motifs is 2. The number of nitrogens with one attached hydrogen (secondary N) is 1. The minimum absolute atomic E-state index is 0.292. The molecule has 0 unspecified atom stereocenters. The van der Waals surface area contributed by atoms with Crippen LogP contribution in [0.4, 0.5) is 5.13 Å². The maximum Gasteiger partial charge on any atom is 0.258 e. The highest BCUT2D eigenvalue weighted by atomic mass is 32.1. The first-order valence-electron chi connectivity index (χ1n) is 10.6. The number of amides is 1. The van der Waals surface area contributed by atoms with Crippen molar-refractivity contribution in [3.05, 3.63) is 59.3 Å². The van der Waals surface area contributed by atoms with Crippen LogP contribution in [0.1, 0.15) is 16.1 Å². The topological polar surface area (TPSA) is 104 Å². The van der Waals surface area contributed by atoms with Gasteiger partial charge in [0.1, 0.15) is 18.9 Å². The molecular weight excluding hydrogens is 454 g/mol. The molecular formula is C24H19N5O4S. The van der Waals surface area contributed by atoms with Crippen molar-refractivity contribution < 1.29 is 18.7 Å². The first kappa shape index (κ1) is 20.4. The number of aryl methyl sites for hydroxylation is 2. The van der Waals surface area contributed by atoms with E-state index in [4.69, 9.17) is 13.9 Å². The van der Waals surface area contributed by atoms with E-state index in [9.17, 15) is 4.79 Å². The van der Waals surface area contributed by atoms with Crippen LogP contribution in [-0.4, -0.2) is 38.9 Å². The standard InChI is InChI=1S/C24H19N5O4S/c1-13-21-15(11-16(18-4-3-7-31-18)25-22(21)29(2)28-13)23(30)27-24-26-17(12-34-24)14-5-6-19-20(10-14)33-9-8-32-19/h3-7,10-12H,8-9H2,1-2H3,(H,26,27,30). The molecule has 6 rings (SSSR count). The van der Waals surface area contributed by atoms with E-state index < -0.39 is 0 Å². The van der Waals surface area contributed by atoms with Crippen molar-refractivity contribution in [3.8, 4) is 34.2 Å². The molecule has 0 atom stereocenters. The summed E-state index contributed by atoms with van der Waals surface area (Å²) in [4.78, 5) is 22.6. The molecule has 1 aromatic carbocycles. The predicted octanol–water partition coefficient (Wildman–Crippen LogP) is 4.68. The van der Waals surface area contributed by atoms with Crippen molar-refractivity contribution in [2.75, 3.05) is 18.5 Å². The Hall–Kier alpha value is -4.18. The van der Waals surface area contributed by atoms with Crippen molar-refractivity contribution in [2.45, 2.75) is 6.92 Å². The van der Waals surface area contributed by atoms with Crippen molar-refractivity contribution >= 4 is 33.4 Å². The fourth-order valence-electron chi connectivity index (χ4n) is 4.01. The highest BCUT2D eigenvalue weighted by molar-refractivity contribution is 7.14. The van der Waals surface area contributed by atoms with Gasteiger partial charge in [-0.2, -0.15) is 5.10 Å². The monoisotopic (exact) mass is 473 g/mol. The normalized spacial score (nSPS) is 12.8. The second-order valence-corrected chi connectivity index (χ2v) is 8.65. The SMILES string of the molecule is Cc1nn(C)c2nc(-c3ccco3)cc(C(=O)Nc3nc(-c4ccc5c(c4)OCCO5)cs3)c12. The third-order valence-corrected chi connectivity index (χ3v) is 6.31. The van der Waals surface area contributed by atoms with E-state index >= 15 is 0 Å². The molecule has 5 aromatic rings. The molecule has 1 N–H and O–H groups in total. The van der Waals surface area contributed by atoms with Crippen molar-refractivity contribution in [2.24, 2.45) is 7.05 Å². The highest BCUT2D eigenvalue weighted by Gasteiger charge is 2.21. The van der Waals surface area contributed by atoms with Crippen LogP contribution >= 0.6 is 11.3 Å². The summed E-state index contributed by atoms with van der Waals surface area (Å²) in [6.45, 7) is 2.92. The summed E-state index contributed by atoms with van der Waals surface area (Å²) < 4.78 is 18.4. The van der Waals surface area contributed by atoms with Crippen LogP contribution in [-0.2, 0) is 7.05 Å². The number of furan rings is 1. The molecule has 9 nitrogen and oxygen atoms in total. The number of nitrogens with zero attached hydrogens (tertiary/aromatic N) is 4. The zero-order chi connectivity index (χ0) is 23.2. The van der Waals surface area contributed by atoms with Crippen LogP contribution in [0, 0.1) is 6.92 Å². The maximum atomic E-state index is 13.4. The molecule has 0 radical (unpaired) electrons. The van der Waals surface area contributed by atoms with E-state index in [1.54, 1.807) is 36.2 Å². The van der Waals surface area contributed by atoms with E-state index in [1.807, 2.05) is 30.5 Å². The maximum absolute atomic E-state index is 13.4. The second-order valence-electron chi connectivity index (χ2n) is 7.79. The van der Waals surface area contributed by atoms with Gasteiger partial charge in [0.25, 0.3) is 5.91 Å². The number of aromatic nitrogens is 4. The summed E-state index contributed by atoms with van der Waals surface area (Å²) in [5, 5.41) is 10.5. The lowest BCUT2D eigenvalue weighted by Crippen LogP contribution is -2.15. The Labute approximate surface area is 198 Å². The molecule has 34 heavy (non-hydrogen) atoms. The number of thiazole rings is 1. The number of carbonyl (C=O) groups excluding carboxylic acids is 1. The van der Waals surface area contributed by atoms with Gasteiger partial charge in [-0.25, -0.2) is 9.97 Å². The van der Waals surface area contributed by atoms with E-state index in [-0.39, 0.29) is 5.91 Å². The summed E-state index contributed by atoms with van der Waals surface area (Å²) >= 11 is 1.35. The zero-order valence-electron chi connectivity index (χ0n) is 18.4. The number of anilines is 1. The van der Waals surface area contributed by atoms with Crippen molar-refractivity contribution in [1.29, 1.82) is 0 Å². The highest BCUT2D eigenvalue weighted by Crippen LogP contribution is 2.35. The van der Waals surface area contributed by atoms with Gasteiger partial charge in [0.05, 0.1) is 28.6 Å². The van der Waals surface area contributed by atoms with Gasteiger partial charge < -0.3 is 13.9 Å². The van der Waals surface area contributed by atoms with Gasteiger partial charge in [-0.15, -0.1) is 11.3 Å². The van der Waals surface area contributed by atoms with E-state index in [0.717, 1.165) is 22.7 Å². The summed E-state index contributed by atoms with van der Waals surface area (Å²) in [5.74, 6) is 1.70. The molecule has 0 spiro atoms. The molecule has 1 aliphatic rings. The Morgan fingerprint density at radius 1 is 1.09 bits per heavy atom. The van der Waals surface area contributed by atoms with Crippen LogP contribution in [0.25, 0.3) is 33.7 Å². The van der Waals surface area contributed by atoms with Gasteiger partial charge in [-0.1, -0.05) is 0 Å². The Bertz CT molecular complexity index is 1540. The lowest BCUT2D eigenvalue weighted by molar-refractivity contribution is 0.102. The number of hydrogen-bond acceptors (Lipinski definition) is 8. The fourth-order valence-corrected chi connectivity index (χ4v) is 4.72. The average Bonchev–Trinajstić information content (AvgIpc) is 3.60. The van der Waals surface area contributed by atoms with Crippen LogP contribution in [0.15, 0.2) is 52.5 Å². The summed E-state index contributed by atoms with van der Waals surface area (Å²) in [5.41, 5.74) is 3.96. The first-order chi connectivity index (χ1) is 16.6. The average molecular weight is 474 g/mol. The molecule has 0 aliphatic carbocycles. The number of hydrogen-bond donors (Lipinski definition) is 1. The van der Waals surface area contributed by atoms with Gasteiger partial charge in [0.15, 0.2) is 28.0 Å². The molecule has 5 heterocycles. The Morgan fingerprint density at radius 2 is 1.94 bits per heavy atom. The zero-order valence-corrected chi connectivity index (χ0v) is 19.2. The van der Waals surface area contributed by atoms with Crippen LogP contribution in [0.2, 0.25) is 0 Å². The lowest BCUT2D eigenvalue weighted by atomic mass is 10.1. The first-order valence-corrected chi connectivity index (χ1v) is 11.5. The van der Waals surface area contributed by atoms with E-state index in [2.05, 4.69) is 20.4 Å². The van der Waals surface area contributed by atoms with Gasteiger partial charge in [0.2, 0.25) is 0 Å². The minimum atomic E-state index is -0.292. The molecule has 0 saturated heterocycles. The van der Waals surface area contributed by atoms with Crippen molar-refractivity contribution in [3.63, 3.8) is 0 Å². The van der Waals surface area contributed by atoms with E-state index in [0.29, 0.717) is 52.1 Å². The molecule has 0 fully saturated rings. The predicted molar refractivity (Wildman–Crippen MR) is 127 cm³/mol. The quantitative estimate of drug-likeness (QED) is 0.404. The summed E-state index contributed by atoms with van der Waals surface area (Å²) in [6.07, 6.45) is 1.57. The summed E-state index contributed by atoms with van der Waals surface area (Å²) in [7, 11) is 1.80. The molecule has 0 bridgehead atoms. The Kier molecular flexibility index (Phi) is 4.80. The van der Waals surface area contributed by atoms with Gasteiger partial charge in [-0.3, -0.25) is 14.8 Å². The molecule has 4 aromatic heterocycles. The fraction of sp³-hybridized carbons (Fsp3) is 0.167. The third-order valence-electron chi connectivity index (χ3n) is 5.55. The lowest BCUT2D eigenvalue weighted by Gasteiger charge is -2.18.